The first-order chi connectivity index (χ1) is 15.5. The maximum atomic E-state index is 13.8. The SMILES string of the molecule is COc1ccc(S(=O)(=O)N(Cc2cccc(F)c2)C2CCCN(C(=O)OC(C)(C)C)C2)cc1. The van der Waals surface area contributed by atoms with Crippen molar-refractivity contribution in [2.45, 2.75) is 56.7 Å². The van der Waals surface area contributed by atoms with Gasteiger partial charge < -0.3 is 14.4 Å². The molecule has 0 bridgehead atoms. The minimum absolute atomic E-state index is 0.0149. The molecule has 180 valence electrons. The Labute approximate surface area is 195 Å². The third-order valence-electron chi connectivity index (χ3n) is 5.35. The zero-order valence-electron chi connectivity index (χ0n) is 19.5. The van der Waals surface area contributed by atoms with E-state index in [-0.39, 0.29) is 18.0 Å². The molecular formula is C24H31FN2O5S. The average molecular weight is 479 g/mol. The summed E-state index contributed by atoms with van der Waals surface area (Å²) in [5.74, 6) is 0.104. The Morgan fingerprint density at radius 2 is 1.88 bits per heavy atom. The molecule has 2 aromatic carbocycles. The second kappa shape index (κ2) is 10.1. The zero-order valence-corrected chi connectivity index (χ0v) is 20.3. The first-order valence-corrected chi connectivity index (χ1v) is 12.3. The smallest absolute Gasteiger partial charge is 0.410 e. The topological polar surface area (TPSA) is 76.2 Å². The molecule has 2 aromatic rings. The monoisotopic (exact) mass is 478 g/mol. The van der Waals surface area contributed by atoms with E-state index < -0.39 is 33.6 Å². The lowest BCUT2D eigenvalue weighted by atomic mass is 10.1. The van der Waals surface area contributed by atoms with Crippen LogP contribution in [0.5, 0.6) is 5.75 Å². The molecular weight excluding hydrogens is 447 g/mol. The molecule has 0 saturated carbocycles. The molecule has 1 aliphatic heterocycles. The Balaban J connectivity index is 1.93. The fourth-order valence-corrected chi connectivity index (χ4v) is 5.43. The summed E-state index contributed by atoms with van der Waals surface area (Å²) in [5, 5.41) is 0. The number of methoxy groups -OCH3 is 1. The van der Waals surface area contributed by atoms with Crippen molar-refractivity contribution in [3.05, 3.63) is 59.9 Å². The van der Waals surface area contributed by atoms with E-state index in [1.807, 2.05) is 0 Å². The minimum Gasteiger partial charge on any atom is -0.497 e. The third kappa shape index (κ3) is 6.45. The number of halogens is 1. The summed E-state index contributed by atoms with van der Waals surface area (Å²) in [6.45, 7) is 6.03. The molecule has 0 aliphatic carbocycles. The summed E-state index contributed by atoms with van der Waals surface area (Å²) in [4.78, 5) is 14.3. The van der Waals surface area contributed by atoms with Gasteiger partial charge in [0.1, 0.15) is 17.2 Å². The molecule has 1 saturated heterocycles. The van der Waals surface area contributed by atoms with Gasteiger partial charge >= 0.3 is 6.09 Å². The molecule has 3 rings (SSSR count). The molecule has 0 N–H and O–H groups in total. The Morgan fingerprint density at radius 1 is 1.18 bits per heavy atom. The maximum absolute atomic E-state index is 13.8. The number of hydrogen-bond acceptors (Lipinski definition) is 5. The van der Waals surface area contributed by atoms with Gasteiger partial charge in [0.05, 0.1) is 12.0 Å². The number of ether oxygens (including phenoxy) is 2. The first-order valence-electron chi connectivity index (χ1n) is 10.9. The molecule has 0 spiro atoms. The van der Waals surface area contributed by atoms with Crippen LogP contribution >= 0.6 is 0 Å². The van der Waals surface area contributed by atoms with Crippen molar-refractivity contribution in [2.75, 3.05) is 20.2 Å². The summed E-state index contributed by atoms with van der Waals surface area (Å²) >= 11 is 0. The van der Waals surface area contributed by atoms with E-state index in [1.54, 1.807) is 49.9 Å². The molecule has 0 radical (unpaired) electrons. The Morgan fingerprint density at radius 3 is 2.48 bits per heavy atom. The predicted molar refractivity (Wildman–Crippen MR) is 123 cm³/mol. The van der Waals surface area contributed by atoms with Crippen molar-refractivity contribution >= 4 is 16.1 Å². The van der Waals surface area contributed by atoms with E-state index in [1.165, 1.54) is 35.7 Å². The van der Waals surface area contributed by atoms with Crippen molar-refractivity contribution < 1.29 is 27.1 Å². The molecule has 1 atom stereocenters. The molecule has 7 nitrogen and oxygen atoms in total. The second-order valence-corrected chi connectivity index (χ2v) is 11.0. The highest BCUT2D eigenvalue weighted by molar-refractivity contribution is 7.89. The zero-order chi connectivity index (χ0) is 24.2. The van der Waals surface area contributed by atoms with Crippen molar-refractivity contribution in [2.24, 2.45) is 0 Å². The number of nitrogens with zero attached hydrogens (tertiary/aromatic N) is 2. The van der Waals surface area contributed by atoms with Gasteiger partial charge in [-0.05, 0) is 75.6 Å². The molecule has 9 heteroatoms. The van der Waals surface area contributed by atoms with E-state index in [2.05, 4.69) is 0 Å². The van der Waals surface area contributed by atoms with Crippen LogP contribution in [0.3, 0.4) is 0 Å². The first kappa shape index (κ1) is 25.0. The number of carbonyl (C=O) groups is 1. The van der Waals surface area contributed by atoms with Gasteiger partial charge in [0, 0.05) is 25.7 Å². The Kier molecular flexibility index (Phi) is 7.64. The van der Waals surface area contributed by atoms with Gasteiger partial charge in [-0.25, -0.2) is 17.6 Å². The maximum Gasteiger partial charge on any atom is 0.410 e. The number of carbonyl (C=O) groups excluding carboxylic acids is 1. The lowest BCUT2D eigenvalue weighted by Crippen LogP contribution is -2.52. The molecule has 33 heavy (non-hydrogen) atoms. The summed E-state index contributed by atoms with van der Waals surface area (Å²) in [6, 6.07) is 11.5. The number of rotatable bonds is 6. The van der Waals surface area contributed by atoms with Crippen LogP contribution < -0.4 is 4.74 Å². The van der Waals surface area contributed by atoms with Crippen LogP contribution in [0.1, 0.15) is 39.2 Å². The lowest BCUT2D eigenvalue weighted by molar-refractivity contribution is 0.0152. The molecule has 0 aromatic heterocycles. The molecule has 1 amide bonds. The molecule has 1 heterocycles. The largest absolute Gasteiger partial charge is 0.497 e. The van der Waals surface area contributed by atoms with E-state index in [4.69, 9.17) is 9.47 Å². The number of likely N-dealkylation sites (tertiary alicyclic amines) is 1. The normalized spacial score (nSPS) is 17.2. The van der Waals surface area contributed by atoms with Gasteiger partial charge in [0.15, 0.2) is 0 Å². The van der Waals surface area contributed by atoms with Crippen LogP contribution in [0, 0.1) is 5.82 Å². The van der Waals surface area contributed by atoms with Crippen LogP contribution in [0.4, 0.5) is 9.18 Å². The number of amides is 1. The highest BCUT2D eigenvalue weighted by Crippen LogP contribution is 2.28. The van der Waals surface area contributed by atoms with Gasteiger partial charge in [-0.3, -0.25) is 0 Å². The molecule has 1 aliphatic rings. The summed E-state index contributed by atoms with van der Waals surface area (Å²) in [5.41, 5.74) is -0.123. The number of hydrogen-bond donors (Lipinski definition) is 0. The van der Waals surface area contributed by atoms with Crippen molar-refractivity contribution in [1.29, 1.82) is 0 Å². The summed E-state index contributed by atoms with van der Waals surface area (Å²) < 4.78 is 53.2. The highest BCUT2D eigenvalue weighted by atomic mass is 32.2. The number of benzene rings is 2. The molecule has 1 fully saturated rings. The van der Waals surface area contributed by atoms with Gasteiger partial charge in [-0.2, -0.15) is 4.31 Å². The second-order valence-electron chi connectivity index (χ2n) is 9.08. The summed E-state index contributed by atoms with van der Waals surface area (Å²) in [6.07, 6.45) is 0.728. The Hall–Kier alpha value is -2.65. The fourth-order valence-electron chi connectivity index (χ4n) is 3.79. The minimum atomic E-state index is -3.94. The standard InChI is InChI=1S/C24H31FN2O5S/c1-24(2,3)32-23(28)26-14-6-9-20(17-26)27(16-18-7-5-8-19(25)15-18)33(29,30)22-12-10-21(31-4)11-13-22/h5,7-8,10-13,15,20H,6,9,14,16-17H2,1-4H3. The predicted octanol–water partition coefficient (Wildman–Crippen LogP) is 4.42. The van der Waals surface area contributed by atoms with Crippen LogP contribution in [0.2, 0.25) is 0 Å². The van der Waals surface area contributed by atoms with E-state index in [9.17, 15) is 17.6 Å². The lowest BCUT2D eigenvalue weighted by Gasteiger charge is -2.39. The third-order valence-corrected chi connectivity index (χ3v) is 7.26. The van der Waals surface area contributed by atoms with Gasteiger partial charge in [0.25, 0.3) is 0 Å². The fraction of sp³-hybridized carbons (Fsp3) is 0.458. The van der Waals surface area contributed by atoms with Gasteiger partial charge in [-0.1, -0.05) is 12.1 Å². The van der Waals surface area contributed by atoms with Crippen LogP contribution in [0.15, 0.2) is 53.4 Å². The average Bonchev–Trinajstić information content (AvgIpc) is 2.76. The van der Waals surface area contributed by atoms with Gasteiger partial charge in [0.2, 0.25) is 10.0 Å². The van der Waals surface area contributed by atoms with Crippen molar-refractivity contribution in [3.8, 4) is 5.75 Å². The van der Waals surface area contributed by atoms with E-state index in [0.717, 1.165) is 0 Å². The van der Waals surface area contributed by atoms with E-state index in [0.29, 0.717) is 30.7 Å². The van der Waals surface area contributed by atoms with Crippen molar-refractivity contribution in [1.82, 2.24) is 9.21 Å². The van der Waals surface area contributed by atoms with Crippen LogP contribution in [-0.4, -0.2) is 55.6 Å². The quantitative estimate of drug-likeness (QED) is 0.614. The Bertz CT molecular complexity index is 1070. The van der Waals surface area contributed by atoms with Crippen molar-refractivity contribution in [3.63, 3.8) is 0 Å². The van der Waals surface area contributed by atoms with E-state index >= 15 is 0 Å². The summed E-state index contributed by atoms with van der Waals surface area (Å²) in [7, 11) is -2.44. The van der Waals surface area contributed by atoms with Crippen LogP contribution in [-0.2, 0) is 21.3 Å². The highest BCUT2D eigenvalue weighted by Gasteiger charge is 2.36. The number of sulfonamides is 1. The van der Waals surface area contributed by atoms with Crippen LogP contribution in [0.25, 0.3) is 0 Å². The number of piperidine rings is 1. The molecule has 1 unspecified atom stereocenters. The van der Waals surface area contributed by atoms with Gasteiger partial charge in [-0.15, -0.1) is 0 Å².